The third-order valence-electron chi connectivity index (χ3n) is 1.36. The van der Waals surface area contributed by atoms with Gasteiger partial charge in [-0.2, -0.15) is 5.26 Å². The van der Waals surface area contributed by atoms with E-state index >= 15 is 0 Å². The van der Waals surface area contributed by atoms with Crippen molar-refractivity contribution < 1.29 is 8.78 Å². The fourth-order valence-electron chi connectivity index (χ4n) is 0.820. The van der Waals surface area contributed by atoms with Gasteiger partial charge in [0.05, 0.1) is 12.5 Å². The number of nitrogens with zero attached hydrogens (tertiary/aromatic N) is 1. The molecule has 0 fully saturated rings. The van der Waals surface area contributed by atoms with Crippen LogP contribution in [0.25, 0.3) is 0 Å². The van der Waals surface area contributed by atoms with E-state index in [2.05, 4.69) is 0 Å². The standard InChI is InChI=1S/C8H4F2IN/c9-7-3-5(11)4-8(10)6(7)1-2-12/h3-4H,1H2. The zero-order chi connectivity index (χ0) is 9.14. The van der Waals surface area contributed by atoms with Crippen molar-refractivity contribution in [2.75, 3.05) is 0 Å². The summed E-state index contributed by atoms with van der Waals surface area (Å²) in [7, 11) is 0. The van der Waals surface area contributed by atoms with Crippen LogP contribution in [0.5, 0.6) is 0 Å². The predicted octanol–water partition coefficient (Wildman–Crippen LogP) is 2.64. The molecule has 4 heteroatoms. The lowest BCUT2D eigenvalue weighted by Gasteiger charge is -2.00. The van der Waals surface area contributed by atoms with E-state index in [1.807, 2.05) is 22.6 Å². The van der Waals surface area contributed by atoms with E-state index in [0.717, 1.165) is 0 Å². The van der Waals surface area contributed by atoms with Gasteiger partial charge in [0.1, 0.15) is 11.6 Å². The van der Waals surface area contributed by atoms with E-state index < -0.39 is 11.6 Å². The average Bonchev–Trinajstić information content (AvgIpc) is 1.96. The van der Waals surface area contributed by atoms with Gasteiger partial charge in [-0.15, -0.1) is 0 Å². The summed E-state index contributed by atoms with van der Waals surface area (Å²) in [5.41, 5.74) is -0.155. The molecule has 0 bridgehead atoms. The molecule has 62 valence electrons. The van der Waals surface area contributed by atoms with Gasteiger partial charge in [0.25, 0.3) is 0 Å². The third-order valence-corrected chi connectivity index (χ3v) is 1.98. The van der Waals surface area contributed by atoms with Gasteiger partial charge in [-0.05, 0) is 34.7 Å². The first-order valence-electron chi connectivity index (χ1n) is 3.15. The molecule has 0 spiro atoms. The monoisotopic (exact) mass is 279 g/mol. The maximum Gasteiger partial charge on any atom is 0.131 e. The Hall–Kier alpha value is -0.700. The molecule has 0 aliphatic rings. The van der Waals surface area contributed by atoms with Crippen LogP contribution in [0.4, 0.5) is 8.78 Å². The minimum atomic E-state index is -0.652. The summed E-state index contributed by atoms with van der Waals surface area (Å²) in [5.74, 6) is -1.30. The highest BCUT2D eigenvalue weighted by Crippen LogP contribution is 2.16. The van der Waals surface area contributed by atoms with Crippen LogP contribution in [0.1, 0.15) is 5.56 Å². The van der Waals surface area contributed by atoms with Gasteiger partial charge in [0.15, 0.2) is 0 Å². The van der Waals surface area contributed by atoms with E-state index in [-0.39, 0.29) is 12.0 Å². The SMILES string of the molecule is N#CCc1c(F)cc(I)cc1F. The molecular weight excluding hydrogens is 275 g/mol. The molecule has 1 aromatic carbocycles. The van der Waals surface area contributed by atoms with E-state index in [1.54, 1.807) is 6.07 Å². The minimum absolute atomic E-state index is 0.155. The Morgan fingerprint density at radius 1 is 1.33 bits per heavy atom. The normalized spacial score (nSPS) is 9.50. The van der Waals surface area contributed by atoms with Gasteiger partial charge in [0.2, 0.25) is 0 Å². The quantitative estimate of drug-likeness (QED) is 0.725. The lowest BCUT2D eigenvalue weighted by molar-refractivity contribution is 0.561. The van der Waals surface area contributed by atoms with E-state index in [1.165, 1.54) is 12.1 Å². The van der Waals surface area contributed by atoms with Crippen molar-refractivity contribution in [3.63, 3.8) is 0 Å². The van der Waals surface area contributed by atoms with Crippen LogP contribution in [0.2, 0.25) is 0 Å². The van der Waals surface area contributed by atoms with E-state index in [9.17, 15) is 8.78 Å². The van der Waals surface area contributed by atoms with Crippen molar-refractivity contribution in [1.29, 1.82) is 5.26 Å². The Labute approximate surface area is 82.1 Å². The lowest BCUT2D eigenvalue weighted by Crippen LogP contribution is -1.95. The fraction of sp³-hybridized carbons (Fsp3) is 0.125. The molecule has 0 radical (unpaired) electrons. The Morgan fingerprint density at radius 2 is 1.83 bits per heavy atom. The highest BCUT2D eigenvalue weighted by Gasteiger charge is 2.09. The Balaban J connectivity index is 3.21. The van der Waals surface area contributed by atoms with Crippen LogP contribution < -0.4 is 0 Å². The molecule has 1 nitrogen and oxygen atoms in total. The molecule has 0 aromatic heterocycles. The molecule has 12 heavy (non-hydrogen) atoms. The molecule has 0 heterocycles. The van der Waals surface area contributed by atoms with Crippen molar-refractivity contribution in [2.24, 2.45) is 0 Å². The summed E-state index contributed by atoms with van der Waals surface area (Å²) in [5, 5.41) is 8.25. The number of hydrogen-bond donors (Lipinski definition) is 0. The molecule has 0 saturated heterocycles. The summed E-state index contributed by atoms with van der Waals surface area (Å²) in [6.45, 7) is 0. The lowest BCUT2D eigenvalue weighted by atomic mass is 10.1. The molecule has 1 rings (SSSR count). The van der Waals surface area contributed by atoms with Crippen LogP contribution in [-0.4, -0.2) is 0 Å². The number of nitriles is 1. The van der Waals surface area contributed by atoms with Gasteiger partial charge in [-0.25, -0.2) is 8.78 Å². The minimum Gasteiger partial charge on any atom is -0.207 e. The highest BCUT2D eigenvalue weighted by molar-refractivity contribution is 14.1. The van der Waals surface area contributed by atoms with Crippen LogP contribution in [-0.2, 0) is 6.42 Å². The van der Waals surface area contributed by atoms with Gasteiger partial charge in [0, 0.05) is 9.13 Å². The van der Waals surface area contributed by atoms with Crippen LogP contribution in [0.3, 0.4) is 0 Å². The molecule has 0 atom stereocenters. The number of halogens is 3. The Morgan fingerprint density at radius 3 is 2.25 bits per heavy atom. The second-order valence-electron chi connectivity index (χ2n) is 2.18. The predicted molar refractivity (Wildman–Crippen MR) is 48.4 cm³/mol. The zero-order valence-corrected chi connectivity index (χ0v) is 8.10. The Bertz CT molecular complexity index is 320. The molecule has 0 aliphatic heterocycles. The summed E-state index contributed by atoms with van der Waals surface area (Å²) in [6, 6.07) is 4.11. The first-order valence-corrected chi connectivity index (χ1v) is 4.23. The van der Waals surface area contributed by atoms with Crippen LogP contribution in [0.15, 0.2) is 12.1 Å². The number of rotatable bonds is 1. The molecular formula is C8H4F2IN. The Kier molecular flexibility index (Phi) is 2.98. The molecule has 0 aliphatic carbocycles. The number of benzene rings is 1. The summed E-state index contributed by atoms with van der Waals surface area (Å²) < 4.78 is 26.3. The largest absolute Gasteiger partial charge is 0.207 e. The maximum absolute atomic E-state index is 12.9. The van der Waals surface area contributed by atoms with E-state index in [4.69, 9.17) is 5.26 Å². The molecule has 0 amide bonds. The summed E-state index contributed by atoms with van der Waals surface area (Å²) in [4.78, 5) is 0. The second kappa shape index (κ2) is 3.81. The van der Waals surface area contributed by atoms with Crippen LogP contribution >= 0.6 is 22.6 Å². The van der Waals surface area contributed by atoms with Gasteiger partial charge in [-0.1, -0.05) is 0 Å². The maximum atomic E-state index is 12.9. The molecule has 1 aromatic rings. The average molecular weight is 279 g/mol. The summed E-state index contributed by atoms with van der Waals surface area (Å²) >= 11 is 1.81. The van der Waals surface area contributed by atoms with Gasteiger partial charge in [-0.3, -0.25) is 0 Å². The molecule has 0 N–H and O–H groups in total. The highest BCUT2D eigenvalue weighted by atomic mass is 127. The van der Waals surface area contributed by atoms with Crippen molar-refractivity contribution >= 4 is 22.6 Å². The van der Waals surface area contributed by atoms with Crippen LogP contribution in [0, 0.1) is 26.5 Å². The smallest absolute Gasteiger partial charge is 0.131 e. The zero-order valence-electron chi connectivity index (χ0n) is 5.94. The van der Waals surface area contributed by atoms with Gasteiger partial charge < -0.3 is 0 Å². The second-order valence-corrected chi connectivity index (χ2v) is 3.43. The summed E-state index contributed by atoms with van der Waals surface area (Å²) in [6.07, 6.45) is -0.228. The van der Waals surface area contributed by atoms with Gasteiger partial charge >= 0.3 is 0 Å². The third kappa shape index (κ3) is 1.91. The first-order chi connectivity index (χ1) is 5.65. The van der Waals surface area contributed by atoms with Crippen molar-refractivity contribution in [1.82, 2.24) is 0 Å². The van der Waals surface area contributed by atoms with Crippen molar-refractivity contribution in [3.05, 3.63) is 32.9 Å². The number of hydrogen-bond acceptors (Lipinski definition) is 1. The fourth-order valence-corrected chi connectivity index (χ4v) is 1.37. The topological polar surface area (TPSA) is 23.8 Å². The first kappa shape index (κ1) is 9.39. The molecule has 0 unspecified atom stereocenters. The van der Waals surface area contributed by atoms with E-state index in [0.29, 0.717) is 3.57 Å². The van der Waals surface area contributed by atoms with Crippen molar-refractivity contribution in [3.8, 4) is 6.07 Å². The van der Waals surface area contributed by atoms with Crippen molar-refractivity contribution in [2.45, 2.75) is 6.42 Å². The molecule has 0 saturated carbocycles.